The van der Waals surface area contributed by atoms with Crippen molar-refractivity contribution in [2.24, 2.45) is 0 Å². The van der Waals surface area contributed by atoms with E-state index in [2.05, 4.69) is 160 Å². The SMILES string of the molecule is CC(C)c1ccccn1.CC(C)c1ccccn1.CC(C)c1cccnc1.CC(C)c1cccnc1.CC(C)c1ccncc1.CC(C)c1ccncc1.CCl.CCl.CCl.CF.CF.CF. The van der Waals surface area contributed by atoms with E-state index >= 15 is 0 Å². The van der Waals surface area contributed by atoms with Gasteiger partial charge in [-0.15, -0.1) is 34.8 Å². The van der Waals surface area contributed by atoms with Crippen molar-refractivity contribution in [2.75, 3.05) is 40.7 Å². The molecular formula is C54H84Cl3F3N6. The molecule has 0 spiro atoms. The van der Waals surface area contributed by atoms with E-state index in [1.54, 1.807) is 12.4 Å². The van der Waals surface area contributed by atoms with Gasteiger partial charge < -0.3 is 0 Å². The fourth-order valence-electron chi connectivity index (χ4n) is 4.37. The molecule has 0 aromatic carbocycles. The van der Waals surface area contributed by atoms with Crippen LogP contribution >= 0.6 is 34.8 Å². The maximum Gasteiger partial charge on any atom is 0.0785 e. The van der Waals surface area contributed by atoms with Gasteiger partial charge in [-0.1, -0.05) is 107 Å². The number of aromatic nitrogens is 6. The van der Waals surface area contributed by atoms with E-state index in [-0.39, 0.29) is 0 Å². The highest BCUT2D eigenvalue weighted by Gasteiger charge is 1.98. The number of halogens is 6. The average molecular weight is 981 g/mol. The molecule has 0 amide bonds. The van der Waals surface area contributed by atoms with E-state index in [0.29, 0.717) is 57.0 Å². The number of alkyl halides is 6. The highest BCUT2D eigenvalue weighted by atomic mass is 35.5. The molecule has 0 saturated carbocycles. The number of nitrogens with zero attached hydrogens (tertiary/aromatic N) is 6. The summed E-state index contributed by atoms with van der Waals surface area (Å²) in [5.41, 5.74) is 7.64. The zero-order chi connectivity index (χ0) is 52.1. The largest absolute Gasteiger partial charge is 0.265 e. The lowest BCUT2D eigenvalue weighted by Crippen LogP contribution is -1.88. The molecule has 0 saturated heterocycles. The molecule has 12 heteroatoms. The molecule has 66 heavy (non-hydrogen) atoms. The minimum absolute atomic E-state index is 0.500. The summed E-state index contributed by atoms with van der Waals surface area (Å²) in [6.07, 6.45) is 22.8. The predicted molar refractivity (Wildman–Crippen MR) is 286 cm³/mol. The van der Waals surface area contributed by atoms with Crippen molar-refractivity contribution in [3.8, 4) is 0 Å². The van der Waals surface area contributed by atoms with Crippen LogP contribution in [0.4, 0.5) is 13.2 Å². The Morgan fingerprint density at radius 1 is 0.288 bits per heavy atom. The number of hydrogen-bond donors (Lipinski definition) is 0. The van der Waals surface area contributed by atoms with Gasteiger partial charge in [0.05, 0.1) is 21.5 Å². The van der Waals surface area contributed by atoms with Crippen LogP contribution in [0.15, 0.2) is 147 Å². The van der Waals surface area contributed by atoms with E-state index in [0.717, 1.165) is 11.4 Å². The molecule has 0 aliphatic rings. The van der Waals surface area contributed by atoms with Gasteiger partial charge in [0.2, 0.25) is 0 Å². The first-order valence-electron chi connectivity index (χ1n) is 21.5. The third-order valence-electron chi connectivity index (χ3n) is 8.01. The number of pyridine rings is 6. The molecule has 6 aromatic rings. The van der Waals surface area contributed by atoms with E-state index in [1.807, 2.05) is 122 Å². The van der Waals surface area contributed by atoms with Crippen LogP contribution in [0.2, 0.25) is 0 Å². The predicted octanol–water partition coefficient (Wildman–Crippen LogP) is 17.6. The highest BCUT2D eigenvalue weighted by Crippen LogP contribution is 2.13. The van der Waals surface area contributed by atoms with Gasteiger partial charge >= 0.3 is 0 Å². The van der Waals surface area contributed by atoms with Gasteiger partial charge in [-0.3, -0.25) is 43.1 Å². The fraction of sp³-hybridized carbons (Fsp3) is 0.444. The van der Waals surface area contributed by atoms with Gasteiger partial charge in [-0.2, -0.15) is 0 Å². The van der Waals surface area contributed by atoms with Gasteiger partial charge in [-0.25, -0.2) is 0 Å². The zero-order valence-corrected chi connectivity index (χ0v) is 45.5. The molecule has 6 aromatic heterocycles. The Kier molecular flexibility index (Phi) is 62.8. The molecule has 0 unspecified atom stereocenters. The Morgan fingerprint density at radius 2 is 0.561 bits per heavy atom. The molecule has 6 heterocycles. The standard InChI is InChI=1S/6C8H11N.3CH3Cl.3CH3F/c2*1-7(2)8-3-5-9-6-4-8;2*1-7(2)8-4-3-5-9-6-8;2*1-7(2)8-5-3-4-6-9-8;6*1-2/h6*3-7H,1-2H3;6*1H3. The van der Waals surface area contributed by atoms with Gasteiger partial charge in [-0.05, 0) is 118 Å². The Balaban J connectivity index is -0.000000156. The first-order valence-corrected chi connectivity index (χ1v) is 23.8. The lowest BCUT2D eigenvalue weighted by Gasteiger charge is -2.01. The third-order valence-corrected chi connectivity index (χ3v) is 8.01. The van der Waals surface area contributed by atoms with E-state index < -0.39 is 0 Å². The van der Waals surface area contributed by atoms with Gasteiger partial charge in [0.25, 0.3) is 0 Å². The maximum atomic E-state index is 9.50. The second-order valence-electron chi connectivity index (χ2n) is 14.6. The van der Waals surface area contributed by atoms with Crippen molar-refractivity contribution in [2.45, 2.75) is 119 Å². The summed E-state index contributed by atoms with van der Waals surface area (Å²) in [7, 11) is 1.50. The molecule has 372 valence electrons. The van der Waals surface area contributed by atoms with Crippen molar-refractivity contribution in [3.63, 3.8) is 0 Å². The van der Waals surface area contributed by atoms with E-state index in [9.17, 15) is 13.2 Å². The highest BCUT2D eigenvalue weighted by molar-refractivity contribution is 6.15. The van der Waals surface area contributed by atoms with Crippen LogP contribution in [0.5, 0.6) is 0 Å². The van der Waals surface area contributed by atoms with Crippen LogP contribution < -0.4 is 0 Å². The second-order valence-corrected chi connectivity index (χ2v) is 14.6. The molecule has 6 rings (SSSR count). The van der Waals surface area contributed by atoms with E-state index in [1.165, 1.54) is 41.4 Å². The topological polar surface area (TPSA) is 77.3 Å². The summed E-state index contributed by atoms with van der Waals surface area (Å²) >= 11 is 13.9. The Morgan fingerprint density at radius 3 is 0.697 bits per heavy atom. The van der Waals surface area contributed by atoms with Crippen LogP contribution in [0.25, 0.3) is 0 Å². The van der Waals surface area contributed by atoms with Gasteiger partial charge in [0.1, 0.15) is 0 Å². The van der Waals surface area contributed by atoms with Crippen molar-refractivity contribution in [1.29, 1.82) is 0 Å². The van der Waals surface area contributed by atoms with Gasteiger partial charge in [0, 0.05) is 92.5 Å². The van der Waals surface area contributed by atoms with Crippen LogP contribution in [-0.2, 0) is 0 Å². The van der Waals surface area contributed by atoms with Crippen molar-refractivity contribution < 1.29 is 13.2 Å². The Hall–Kier alpha value is -4.44. The minimum atomic E-state index is 0.500. The molecular weight excluding hydrogens is 896 g/mol. The second kappa shape index (κ2) is 56.7. The first-order chi connectivity index (χ1) is 31.8. The lowest BCUT2D eigenvalue weighted by atomic mass is 10.1. The molecule has 0 bridgehead atoms. The molecule has 0 N–H and O–H groups in total. The Labute approximate surface area is 415 Å². The quantitative estimate of drug-likeness (QED) is 0.155. The zero-order valence-electron chi connectivity index (χ0n) is 43.3. The normalized spacial score (nSPS) is 8.82. The summed E-state index contributed by atoms with van der Waals surface area (Å²) < 4.78 is 28.5. The molecule has 0 atom stereocenters. The van der Waals surface area contributed by atoms with E-state index in [4.69, 9.17) is 0 Å². The molecule has 0 fully saturated rings. The summed E-state index contributed by atoms with van der Waals surface area (Å²) in [6.45, 7) is 25.9. The summed E-state index contributed by atoms with van der Waals surface area (Å²) in [5.74, 6) is 3.52. The van der Waals surface area contributed by atoms with Crippen LogP contribution in [0.3, 0.4) is 0 Å². The average Bonchev–Trinajstić information content (AvgIpc) is 3.40. The van der Waals surface area contributed by atoms with Crippen LogP contribution in [-0.4, -0.2) is 70.6 Å². The van der Waals surface area contributed by atoms with Gasteiger partial charge in [0.15, 0.2) is 0 Å². The summed E-state index contributed by atoms with van der Waals surface area (Å²) in [5, 5.41) is 0. The smallest absolute Gasteiger partial charge is 0.0785 e. The molecule has 0 aliphatic heterocycles. The third kappa shape index (κ3) is 44.7. The molecule has 6 nitrogen and oxygen atoms in total. The molecule has 0 aliphatic carbocycles. The van der Waals surface area contributed by atoms with Crippen molar-refractivity contribution in [3.05, 3.63) is 181 Å². The summed E-state index contributed by atoms with van der Waals surface area (Å²) in [6, 6.07) is 28.3. The van der Waals surface area contributed by atoms with Crippen molar-refractivity contribution >= 4 is 34.8 Å². The molecule has 0 radical (unpaired) electrons. The fourth-order valence-corrected chi connectivity index (χ4v) is 4.37. The summed E-state index contributed by atoms with van der Waals surface area (Å²) in [4.78, 5) is 24.2. The Bertz CT molecular complexity index is 1380. The maximum absolute atomic E-state index is 9.50. The van der Waals surface area contributed by atoms with Crippen LogP contribution in [0, 0.1) is 0 Å². The lowest BCUT2D eigenvalue weighted by molar-refractivity contribution is 0.635. The minimum Gasteiger partial charge on any atom is -0.265 e. The van der Waals surface area contributed by atoms with Crippen molar-refractivity contribution in [1.82, 2.24) is 29.9 Å². The van der Waals surface area contributed by atoms with Crippen LogP contribution in [0.1, 0.15) is 152 Å². The number of hydrogen-bond acceptors (Lipinski definition) is 6. The monoisotopic (exact) mass is 979 g/mol. The number of rotatable bonds is 6. The first kappa shape index (κ1) is 73.1.